The average Bonchev–Trinajstić information content (AvgIpc) is 2.37. The van der Waals surface area contributed by atoms with Crippen LogP contribution < -0.4 is 4.90 Å². The lowest BCUT2D eigenvalue weighted by atomic mass is 9.68. The zero-order chi connectivity index (χ0) is 11.7. The minimum Gasteiger partial charge on any atom is -0.392 e. The Balaban J connectivity index is 1.63. The van der Waals surface area contributed by atoms with E-state index in [1.54, 1.807) is 0 Å². The topological polar surface area (TPSA) is 23.5 Å². The second-order valence-corrected chi connectivity index (χ2v) is 5.74. The van der Waals surface area contributed by atoms with E-state index in [4.69, 9.17) is 5.11 Å². The molecular weight excluding hydrogens is 210 g/mol. The zero-order valence-corrected chi connectivity index (χ0v) is 10.4. The van der Waals surface area contributed by atoms with Gasteiger partial charge in [-0.15, -0.1) is 0 Å². The lowest BCUT2D eigenvalue weighted by Gasteiger charge is -2.53. The molecule has 2 aliphatic rings. The molecule has 0 amide bonds. The summed E-state index contributed by atoms with van der Waals surface area (Å²) in [6, 6.07) is 8.34. The number of aliphatic hydroxyl groups excluding tert-OH is 1. The van der Waals surface area contributed by atoms with E-state index < -0.39 is 0 Å². The number of aliphatic hydroxyl groups is 1. The highest BCUT2D eigenvalue weighted by molar-refractivity contribution is 5.50. The van der Waals surface area contributed by atoms with Crippen molar-refractivity contribution < 1.29 is 5.11 Å². The molecule has 0 atom stereocenters. The molecule has 1 aromatic rings. The minimum absolute atomic E-state index is 0.143. The Bertz CT molecular complexity index is 370. The maximum atomic E-state index is 9.02. The van der Waals surface area contributed by atoms with Crippen LogP contribution in [0.2, 0.25) is 0 Å². The molecule has 1 saturated heterocycles. The molecule has 92 valence electrons. The van der Waals surface area contributed by atoms with Crippen molar-refractivity contribution in [3.8, 4) is 0 Å². The summed E-state index contributed by atoms with van der Waals surface area (Å²) in [5.41, 5.74) is 2.97. The van der Waals surface area contributed by atoms with Gasteiger partial charge in [-0.2, -0.15) is 0 Å². The first-order chi connectivity index (χ1) is 8.31. The quantitative estimate of drug-likeness (QED) is 0.846. The molecule has 2 fully saturated rings. The Morgan fingerprint density at radius 1 is 1.00 bits per heavy atom. The fourth-order valence-electron chi connectivity index (χ4n) is 3.38. The molecule has 0 aromatic heterocycles. The van der Waals surface area contributed by atoms with E-state index in [1.807, 2.05) is 12.1 Å². The van der Waals surface area contributed by atoms with Crippen LogP contribution in [0.3, 0.4) is 0 Å². The Hall–Kier alpha value is -1.02. The van der Waals surface area contributed by atoms with Crippen molar-refractivity contribution in [3.63, 3.8) is 0 Å². The van der Waals surface area contributed by atoms with Gasteiger partial charge in [0, 0.05) is 24.2 Å². The zero-order valence-electron chi connectivity index (χ0n) is 10.4. The Kier molecular flexibility index (Phi) is 2.83. The lowest BCUT2D eigenvalue weighted by Crippen LogP contribution is -2.57. The fourth-order valence-corrected chi connectivity index (χ4v) is 3.38. The molecule has 17 heavy (non-hydrogen) atoms. The Morgan fingerprint density at radius 2 is 1.65 bits per heavy atom. The van der Waals surface area contributed by atoms with Crippen LogP contribution in [0.5, 0.6) is 0 Å². The monoisotopic (exact) mass is 231 g/mol. The molecule has 0 radical (unpaired) electrons. The Morgan fingerprint density at radius 3 is 2.24 bits per heavy atom. The van der Waals surface area contributed by atoms with E-state index in [2.05, 4.69) is 17.0 Å². The third-order valence-corrected chi connectivity index (χ3v) is 4.45. The van der Waals surface area contributed by atoms with E-state index in [1.165, 1.54) is 50.9 Å². The summed E-state index contributed by atoms with van der Waals surface area (Å²) in [5.74, 6) is 0. The highest BCUT2D eigenvalue weighted by Crippen LogP contribution is 2.45. The van der Waals surface area contributed by atoms with Crippen molar-refractivity contribution in [1.29, 1.82) is 0 Å². The number of hydrogen-bond donors (Lipinski definition) is 1. The summed E-state index contributed by atoms with van der Waals surface area (Å²) in [4.78, 5) is 2.48. The highest BCUT2D eigenvalue weighted by atomic mass is 16.3. The van der Waals surface area contributed by atoms with E-state index in [0.29, 0.717) is 5.41 Å². The van der Waals surface area contributed by atoms with Gasteiger partial charge in [-0.3, -0.25) is 0 Å². The van der Waals surface area contributed by atoms with Crippen molar-refractivity contribution in [3.05, 3.63) is 29.8 Å². The first-order valence-corrected chi connectivity index (χ1v) is 6.76. The summed E-state index contributed by atoms with van der Waals surface area (Å²) >= 11 is 0. The third kappa shape index (κ3) is 2.06. The first-order valence-electron chi connectivity index (χ1n) is 6.76. The van der Waals surface area contributed by atoms with Gasteiger partial charge in [-0.05, 0) is 30.5 Å². The minimum atomic E-state index is 0.143. The molecule has 1 heterocycles. The number of benzene rings is 1. The van der Waals surface area contributed by atoms with Crippen LogP contribution in [-0.4, -0.2) is 18.2 Å². The van der Waals surface area contributed by atoms with Crippen molar-refractivity contribution in [1.82, 2.24) is 0 Å². The van der Waals surface area contributed by atoms with Crippen LogP contribution >= 0.6 is 0 Å². The summed E-state index contributed by atoms with van der Waals surface area (Å²) in [5, 5.41) is 9.02. The number of anilines is 1. The maximum Gasteiger partial charge on any atom is 0.0681 e. The molecule has 1 aromatic carbocycles. The van der Waals surface area contributed by atoms with Crippen molar-refractivity contribution >= 4 is 5.69 Å². The molecule has 3 rings (SSSR count). The maximum absolute atomic E-state index is 9.02. The summed E-state index contributed by atoms with van der Waals surface area (Å²) < 4.78 is 0. The molecular formula is C15H21NO. The van der Waals surface area contributed by atoms with Gasteiger partial charge in [0.15, 0.2) is 0 Å². The third-order valence-electron chi connectivity index (χ3n) is 4.45. The molecule has 1 N–H and O–H groups in total. The van der Waals surface area contributed by atoms with Crippen molar-refractivity contribution in [2.75, 3.05) is 18.0 Å². The first kappa shape index (κ1) is 11.1. The van der Waals surface area contributed by atoms with E-state index in [9.17, 15) is 0 Å². The largest absolute Gasteiger partial charge is 0.392 e. The van der Waals surface area contributed by atoms with Crippen LogP contribution in [-0.2, 0) is 6.61 Å². The smallest absolute Gasteiger partial charge is 0.0681 e. The molecule has 1 aliphatic heterocycles. The molecule has 1 aliphatic carbocycles. The van der Waals surface area contributed by atoms with Gasteiger partial charge in [-0.1, -0.05) is 31.4 Å². The molecule has 1 spiro atoms. The van der Waals surface area contributed by atoms with Crippen molar-refractivity contribution in [2.45, 2.75) is 38.7 Å². The van der Waals surface area contributed by atoms with Crippen LogP contribution in [0.4, 0.5) is 5.69 Å². The second kappa shape index (κ2) is 4.34. The number of nitrogens with zero attached hydrogens (tertiary/aromatic N) is 1. The lowest BCUT2D eigenvalue weighted by molar-refractivity contribution is 0.139. The molecule has 0 bridgehead atoms. The van der Waals surface area contributed by atoms with Crippen LogP contribution in [0.15, 0.2) is 24.3 Å². The highest BCUT2D eigenvalue weighted by Gasteiger charge is 2.43. The summed E-state index contributed by atoms with van der Waals surface area (Å²) in [6.07, 6.45) is 7.15. The fraction of sp³-hybridized carbons (Fsp3) is 0.600. The van der Waals surface area contributed by atoms with E-state index in [-0.39, 0.29) is 6.61 Å². The standard InChI is InChI=1S/C15H21NO/c17-10-13-4-6-14(7-5-13)16-11-15(12-16)8-2-1-3-9-15/h4-7,17H,1-3,8-12H2. The van der Waals surface area contributed by atoms with Crippen LogP contribution in [0.25, 0.3) is 0 Å². The SMILES string of the molecule is OCc1ccc(N2CC3(CCCCC3)C2)cc1. The summed E-state index contributed by atoms with van der Waals surface area (Å²) in [6.45, 7) is 2.63. The normalized spacial score (nSPS) is 22.5. The van der Waals surface area contributed by atoms with Crippen molar-refractivity contribution in [2.24, 2.45) is 5.41 Å². The van der Waals surface area contributed by atoms with Gasteiger partial charge in [0.1, 0.15) is 0 Å². The van der Waals surface area contributed by atoms with Crippen LogP contribution in [0.1, 0.15) is 37.7 Å². The van der Waals surface area contributed by atoms with Gasteiger partial charge in [-0.25, -0.2) is 0 Å². The molecule has 0 unspecified atom stereocenters. The second-order valence-electron chi connectivity index (χ2n) is 5.74. The van der Waals surface area contributed by atoms with Gasteiger partial charge in [0.05, 0.1) is 6.61 Å². The Labute approximate surface area is 103 Å². The number of hydrogen-bond acceptors (Lipinski definition) is 2. The van der Waals surface area contributed by atoms with Gasteiger partial charge in [0.2, 0.25) is 0 Å². The average molecular weight is 231 g/mol. The van der Waals surface area contributed by atoms with E-state index in [0.717, 1.165) is 5.56 Å². The summed E-state index contributed by atoms with van der Waals surface area (Å²) in [7, 11) is 0. The number of rotatable bonds is 2. The molecule has 2 nitrogen and oxygen atoms in total. The van der Waals surface area contributed by atoms with E-state index >= 15 is 0 Å². The predicted octanol–water partition coefficient (Wildman–Crippen LogP) is 2.95. The van der Waals surface area contributed by atoms with Gasteiger partial charge >= 0.3 is 0 Å². The van der Waals surface area contributed by atoms with Gasteiger partial charge < -0.3 is 10.0 Å². The van der Waals surface area contributed by atoms with Crippen LogP contribution in [0, 0.1) is 5.41 Å². The molecule has 2 heteroatoms. The molecule has 1 saturated carbocycles. The van der Waals surface area contributed by atoms with Gasteiger partial charge in [0.25, 0.3) is 0 Å². The predicted molar refractivity (Wildman–Crippen MR) is 70.1 cm³/mol.